The lowest BCUT2D eigenvalue weighted by Gasteiger charge is -2.19. The van der Waals surface area contributed by atoms with Crippen LogP contribution in [0.3, 0.4) is 0 Å². The molecule has 0 spiro atoms. The minimum Gasteiger partial charge on any atom is -0.346 e. The van der Waals surface area contributed by atoms with Gasteiger partial charge in [0, 0.05) is 123 Å². The maximum absolute atomic E-state index is 12.4. The number of nitrogens with zero attached hydrogens (tertiary/aromatic N) is 9. The number of para-hydroxylation sites is 4. The Bertz CT molecular complexity index is 3170. The van der Waals surface area contributed by atoms with E-state index in [4.69, 9.17) is 0 Å². The van der Waals surface area contributed by atoms with Crippen molar-refractivity contribution in [1.82, 2.24) is 14.7 Å². The third-order valence-electron chi connectivity index (χ3n) is 16.8. The summed E-state index contributed by atoms with van der Waals surface area (Å²) in [6.45, 7) is 82.9. The molecule has 11 rings (SSSR count). The largest absolute Gasteiger partial charge is 0.346 e. The van der Waals surface area contributed by atoms with E-state index in [0.29, 0.717) is 11.6 Å². The molecule has 672 valence electrons. The number of likely N-dealkylation sites (N-methyl/N-ethyl adjacent to an activating group) is 5. The lowest BCUT2D eigenvalue weighted by atomic mass is 9.92. The number of carbonyl (C=O) groups excluding carboxylic acids is 6. The molecule has 16 heteroatoms. The van der Waals surface area contributed by atoms with Gasteiger partial charge in [-0.3, -0.25) is 39.0 Å². The van der Waals surface area contributed by atoms with E-state index >= 15 is 0 Å². The average molecular weight is 1630 g/mol. The van der Waals surface area contributed by atoms with Crippen molar-refractivity contribution in [2.24, 2.45) is 22.7 Å². The van der Waals surface area contributed by atoms with Gasteiger partial charge in [-0.25, -0.2) is 0 Å². The molecule has 5 aromatic carbocycles. The molecule has 6 unspecified atom stereocenters. The van der Waals surface area contributed by atoms with E-state index in [0.717, 1.165) is 101 Å². The van der Waals surface area contributed by atoms with Gasteiger partial charge in [0.05, 0.1) is 28.5 Å². The molecule has 6 heterocycles. The zero-order valence-electron chi connectivity index (χ0n) is 84.3. The number of aliphatic imine (C=N–C) groups is 1. The number of likely N-dealkylation sites (tertiary alicyclic amines) is 1. The van der Waals surface area contributed by atoms with Crippen molar-refractivity contribution in [2.75, 3.05) is 95.1 Å². The predicted molar refractivity (Wildman–Crippen MR) is 520 cm³/mol. The van der Waals surface area contributed by atoms with E-state index in [-0.39, 0.29) is 59.2 Å². The van der Waals surface area contributed by atoms with Gasteiger partial charge in [0.25, 0.3) is 17.9 Å². The minimum atomic E-state index is -0.558. The second-order valence-electron chi connectivity index (χ2n) is 23.1. The number of benzene rings is 5. The van der Waals surface area contributed by atoms with E-state index in [1.807, 2.05) is 411 Å². The van der Waals surface area contributed by atoms with Crippen LogP contribution in [0.15, 0.2) is 126 Å². The van der Waals surface area contributed by atoms with Gasteiger partial charge < -0.3 is 34.3 Å². The molecule has 0 aliphatic carbocycles. The number of hydrogen-bond acceptors (Lipinski definition) is 9. The quantitative estimate of drug-likeness (QED) is 0.118. The molecule has 5 aromatic rings. The molecule has 0 saturated carbocycles. The van der Waals surface area contributed by atoms with Crippen LogP contribution in [0, 0.1) is 17.8 Å². The molecule has 16 nitrogen and oxygen atoms in total. The second-order valence-corrected chi connectivity index (χ2v) is 23.1. The Labute approximate surface area is 718 Å². The smallest absolute Gasteiger partial charge is 0.300 e. The molecule has 0 bridgehead atoms. The number of aryl methyl sites for hydroxylation is 1. The number of hydroxylamine groups is 1. The summed E-state index contributed by atoms with van der Waals surface area (Å²) in [5.41, 5.74) is 12.1. The summed E-state index contributed by atoms with van der Waals surface area (Å²) in [5.74, 6) is 1.35. The Morgan fingerprint density at radius 3 is 1.14 bits per heavy atom. The fraction of sp³-hybridized carbons (Fsp3) is 0.620. The predicted octanol–water partition coefficient (Wildman–Crippen LogP) is 26.5. The van der Waals surface area contributed by atoms with Gasteiger partial charge in [-0.1, -0.05) is 340 Å². The average Bonchev–Trinajstić information content (AvgIpc) is 1.65. The first-order valence-corrected chi connectivity index (χ1v) is 45.5. The first-order valence-electron chi connectivity index (χ1n) is 45.5. The Hall–Kier alpha value is -7.98. The summed E-state index contributed by atoms with van der Waals surface area (Å²) in [6.07, 6.45) is 5.42. The first-order chi connectivity index (χ1) is 55.9. The molecule has 6 atom stereocenters. The first kappa shape index (κ1) is 131. The van der Waals surface area contributed by atoms with Gasteiger partial charge in [0.2, 0.25) is 29.3 Å². The highest BCUT2D eigenvalue weighted by Gasteiger charge is 2.36. The van der Waals surface area contributed by atoms with Crippen LogP contribution >= 0.6 is 0 Å². The summed E-state index contributed by atoms with van der Waals surface area (Å²) < 4.78 is 1.03. The summed E-state index contributed by atoms with van der Waals surface area (Å²) >= 11 is 0. The monoisotopic (exact) mass is 1630 g/mol. The summed E-state index contributed by atoms with van der Waals surface area (Å²) in [5, 5.41) is 9.91. The summed E-state index contributed by atoms with van der Waals surface area (Å²) in [4.78, 5) is 87.8. The number of rotatable bonds is 0. The molecule has 0 aromatic heterocycles. The standard InChI is InChI=1S/C16H15NO.C12H15N2O2.C12H14N2O.C12H15NO.C8H16N2O.C8H15NO.16C2H6/c1-11-12-7-3-4-8-13(12)14-9-5-6-10-15(14)17(2)16(11)18;1-8-10-6-4-5-7-11(10)13(3)12(15)9(2)14(8)16;1-8-10-6-4-5-7-11(10)14(3)12(15)9(2)13-8;1-9-7-8-10-5-3-4-6-11(10)13(2)12(9)14;1-7-6-9(2)4-5-10(3)8(7)11;1-7-5-3-4-6-9(2)8(7)10;16*1-2/h3-11H,1-2H3;4-7,9,16H,1-3H3;4-7,9H,1-3H3;3-6,9H,7-8H2,1-2H3;7H,4-6H2,1-3H3;7H,3-6H2,1-2H3;16*1-2H3/q;+1;;;;;;;;;;;;;;;;;;;;. The van der Waals surface area contributed by atoms with Crippen LogP contribution in [-0.4, -0.2) is 159 Å². The van der Waals surface area contributed by atoms with Crippen molar-refractivity contribution in [3.05, 3.63) is 144 Å². The van der Waals surface area contributed by atoms with Crippen LogP contribution in [0.1, 0.15) is 331 Å². The fourth-order valence-corrected chi connectivity index (χ4v) is 11.4. The van der Waals surface area contributed by atoms with Crippen LogP contribution < -0.4 is 19.6 Å². The lowest BCUT2D eigenvalue weighted by molar-refractivity contribution is -0.787. The number of hydrogen-bond donors (Lipinski definition) is 1. The maximum atomic E-state index is 12.4. The third kappa shape index (κ3) is 45.7. The molecular formula is C100H186N9O7+. The Kier molecular flexibility index (Phi) is 97.9. The van der Waals surface area contributed by atoms with Gasteiger partial charge >= 0.3 is 0 Å². The summed E-state index contributed by atoms with van der Waals surface area (Å²) in [7, 11) is 13.1. The van der Waals surface area contributed by atoms with E-state index in [1.54, 1.807) is 40.6 Å². The van der Waals surface area contributed by atoms with Crippen molar-refractivity contribution < 1.29 is 38.7 Å². The van der Waals surface area contributed by atoms with Gasteiger partial charge in [-0.2, -0.15) is 0 Å². The van der Waals surface area contributed by atoms with Crippen LogP contribution in [0.5, 0.6) is 0 Å². The van der Waals surface area contributed by atoms with Crippen LogP contribution in [0.25, 0.3) is 11.1 Å². The van der Waals surface area contributed by atoms with Crippen molar-refractivity contribution in [2.45, 2.75) is 327 Å². The maximum Gasteiger partial charge on any atom is 0.300 e. The lowest BCUT2D eigenvalue weighted by Crippen LogP contribution is -2.39. The third-order valence-corrected chi connectivity index (χ3v) is 16.8. The van der Waals surface area contributed by atoms with Gasteiger partial charge in [-0.15, -0.1) is 0 Å². The number of carbonyl (C=O) groups is 6. The van der Waals surface area contributed by atoms with E-state index in [2.05, 4.69) is 35.1 Å². The SMILES string of the molecule is CC.CC.CC.CC.CC.CC.CC.CC.CC.CC.CC.CC.CC.CC.CC.CC.CC1=NC(C)C(=O)N(C)c2ccccc21.CC1=[N+](O)C(C)C(=O)N(C)c2ccccc21.CC1C(=O)N(C)c2ccccc2-c2ccccc21.CC1CCCCN(C)C1=O.CC1CCc2ccccc2N(C)C1=O.CC1CN(C)CCN(C)C1=O. The number of anilines is 4. The topological polar surface area (TPSA) is 161 Å². The van der Waals surface area contributed by atoms with E-state index in [9.17, 15) is 34.0 Å². The Morgan fingerprint density at radius 1 is 0.336 bits per heavy atom. The zero-order valence-corrected chi connectivity index (χ0v) is 84.3. The van der Waals surface area contributed by atoms with Crippen LogP contribution in [-0.2, 0) is 35.2 Å². The van der Waals surface area contributed by atoms with Gasteiger partial charge in [0.1, 0.15) is 6.04 Å². The van der Waals surface area contributed by atoms with Gasteiger partial charge in [0.15, 0.2) is 0 Å². The Balaban J connectivity index is -0.000000119. The zero-order chi connectivity index (χ0) is 93.7. The molecular weight excluding hydrogens is 1440 g/mol. The van der Waals surface area contributed by atoms with Crippen molar-refractivity contribution in [3.63, 3.8) is 0 Å². The summed E-state index contributed by atoms with van der Waals surface area (Å²) in [6, 6.07) is 38.9. The highest BCUT2D eigenvalue weighted by molar-refractivity contribution is 6.12. The van der Waals surface area contributed by atoms with Crippen LogP contribution in [0.4, 0.5) is 22.7 Å². The normalized spacial score (nSPS) is 17.0. The van der Waals surface area contributed by atoms with E-state index in [1.165, 1.54) is 24.0 Å². The van der Waals surface area contributed by atoms with Crippen molar-refractivity contribution in [3.8, 4) is 11.1 Å². The van der Waals surface area contributed by atoms with Gasteiger partial charge in [-0.05, 0) is 105 Å². The fourth-order valence-electron chi connectivity index (χ4n) is 11.4. The minimum absolute atomic E-state index is 0.0410. The Morgan fingerprint density at radius 2 is 0.672 bits per heavy atom. The highest BCUT2D eigenvalue weighted by atomic mass is 16.5. The second kappa shape index (κ2) is 86.4. The van der Waals surface area contributed by atoms with Crippen LogP contribution in [0.2, 0.25) is 0 Å². The highest BCUT2D eigenvalue weighted by Crippen LogP contribution is 2.40. The molecule has 0 radical (unpaired) electrons. The molecule has 116 heavy (non-hydrogen) atoms. The number of amides is 6. The molecule has 6 aliphatic heterocycles. The molecule has 6 aliphatic rings. The molecule has 6 amide bonds. The molecule has 2 fully saturated rings. The molecule has 1 N–H and O–H groups in total. The number of benzodiazepines with no additional fused rings is 2. The molecule has 2 saturated heterocycles. The van der Waals surface area contributed by atoms with E-state index < -0.39 is 6.04 Å². The number of fused-ring (bicyclic) bond motifs is 6. The van der Waals surface area contributed by atoms with Crippen molar-refractivity contribution >= 4 is 69.6 Å². The van der Waals surface area contributed by atoms with Crippen molar-refractivity contribution in [1.29, 1.82) is 0 Å².